The van der Waals surface area contributed by atoms with Crippen LogP contribution in [-0.2, 0) is 0 Å². The Morgan fingerprint density at radius 2 is 1.72 bits per heavy atom. The van der Waals surface area contributed by atoms with Gasteiger partial charge in [0, 0.05) is 10.4 Å². The number of hydrogen-bond donors (Lipinski definition) is 0. The molecule has 0 radical (unpaired) electrons. The number of isothiocyanates is 1. The normalized spacial score (nSPS) is 9.88. The lowest BCUT2D eigenvalue weighted by Gasteiger charge is -2.05. The monoisotopic (exact) mass is 367 g/mol. The van der Waals surface area contributed by atoms with Gasteiger partial charge in [-0.15, -0.1) is 11.3 Å². The van der Waals surface area contributed by atoms with Crippen molar-refractivity contribution in [2.75, 3.05) is 0 Å². The zero-order valence-electron chi connectivity index (χ0n) is 13.1. The summed E-state index contributed by atoms with van der Waals surface area (Å²) in [6.45, 7) is 1.97. The predicted molar refractivity (Wildman–Crippen MR) is 102 cm³/mol. The number of thiocarbonyl (C=S) groups is 1. The summed E-state index contributed by atoms with van der Waals surface area (Å²) in [5.74, 6) is 4.48. The van der Waals surface area contributed by atoms with Gasteiger partial charge in [-0.05, 0) is 61.1 Å². The van der Waals surface area contributed by atoms with E-state index in [2.05, 4.69) is 34.2 Å². The lowest BCUT2D eigenvalue weighted by Crippen LogP contribution is -1.91. The number of hydrogen-bond acceptors (Lipinski definition) is 3. The van der Waals surface area contributed by atoms with Gasteiger partial charge < -0.3 is 0 Å². The summed E-state index contributed by atoms with van der Waals surface area (Å²) in [6, 6.07) is 12.7. The van der Waals surface area contributed by atoms with Gasteiger partial charge in [-0.2, -0.15) is 4.99 Å². The van der Waals surface area contributed by atoms with Gasteiger partial charge in [0.1, 0.15) is 11.6 Å². The molecule has 25 heavy (non-hydrogen) atoms. The molecule has 0 atom stereocenters. The minimum Gasteiger partial charge on any atom is -0.206 e. The van der Waals surface area contributed by atoms with Crippen LogP contribution >= 0.6 is 23.6 Å². The zero-order chi connectivity index (χ0) is 17.8. The first kappa shape index (κ1) is 17.2. The van der Waals surface area contributed by atoms with Crippen LogP contribution in [-0.4, -0.2) is 5.16 Å². The first-order valence-corrected chi connectivity index (χ1v) is 8.55. The van der Waals surface area contributed by atoms with Gasteiger partial charge in [0.25, 0.3) is 0 Å². The van der Waals surface area contributed by atoms with Crippen molar-refractivity contribution in [1.29, 1.82) is 0 Å². The minimum absolute atomic E-state index is 0.0363. The zero-order valence-corrected chi connectivity index (χ0v) is 14.8. The van der Waals surface area contributed by atoms with E-state index in [-0.39, 0.29) is 11.1 Å². The Hall–Kier alpha value is -2.64. The second-order valence-corrected chi connectivity index (χ2v) is 6.69. The SMILES string of the molecule is Cc1ccc(C#Cc2cc(F)c(-c3ccc(N=C=S)cc3)cc2F)s1. The number of thiophene rings is 1. The molecule has 0 bridgehead atoms. The Morgan fingerprint density at radius 1 is 0.960 bits per heavy atom. The summed E-state index contributed by atoms with van der Waals surface area (Å²) in [4.78, 5) is 5.76. The van der Waals surface area contributed by atoms with Crippen LogP contribution in [0.25, 0.3) is 11.1 Å². The fourth-order valence-electron chi connectivity index (χ4n) is 2.26. The second-order valence-electron chi connectivity index (χ2n) is 5.22. The maximum absolute atomic E-state index is 14.4. The summed E-state index contributed by atoms with van der Waals surface area (Å²) in [7, 11) is 0. The molecule has 3 rings (SSSR count). The Morgan fingerprint density at radius 3 is 2.36 bits per heavy atom. The van der Waals surface area contributed by atoms with Gasteiger partial charge in [-0.1, -0.05) is 24.0 Å². The molecular weight excluding hydrogens is 356 g/mol. The molecule has 0 aliphatic heterocycles. The van der Waals surface area contributed by atoms with Crippen molar-refractivity contribution in [3.05, 3.63) is 75.5 Å². The Bertz CT molecular complexity index is 1030. The Balaban J connectivity index is 1.95. The Kier molecular flexibility index (Phi) is 5.16. The molecule has 0 amide bonds. The molecule has 2 aromatic carbocycles. The van der Waals surface area contributed by atoms with Crippen molar-refractivity contribution in [3.63, 3.8) is 0 Å². The van der Waals surface area contributed by atoms with Crippen LogP contribution in [0.1, 0.15) is 15.3 Å². The van der Waals surface area contributed by atoms with Gasteiger partial charge in [0.2, 0.25) is 0 Å². The predicted octanol–water partition coefficient (Wildman–Crippen LogP) is 6.14. The summed E-state index contributed by atoms with van der Waals surface area (Å²) in [5.41, 5.74) is 1.36. The highest BCUT2D eigenvalue weighted by Gasteiger charge is 2.10. The van der Waals surface area contributed by atoms with Crippen LogP contribution in [0.3, 0.4) is 0 Å². The van der Waals surface area contributed by atoms with Crippen molar-refractivity contribution >= 4 is 34.4 Å². The highest BCUT2D eigenvalue weighted by atomic mass is 32.1. The summed E-state index contributed by atoms with van der Waals surface area (Å²) >= 11 is 6.05. The third kappa shape index (κ3) is 4.07. The number of aliphatic imine (C=N–C) groups is 1. The van der Waals surface area contributed by atoms with E-state index in [1.54, 1.807) is 24.3 Å². The van der Waals surface area contributed by atoms with Gasteiger partial charge in [-0.25, -0.2) is 8.78 Å². The molecule has 0 spiro atoms. The summed E-state index contributed by atoms with van der Waals surface area (Å²) in [5, 5.41) is 2.26. The highest BCUT2D eigenvalue weighted by Crippen LogP contribution is 2.27. The van der Waals surface area contributed by atoms with E-state index in [4.69, 9.17) is 0 Å². The van der Waals surface area contributed by atoms with Crippen molar-refractivity contribution in [3.8, 4) is 23.0 Å². The molecule has 0 N–H and O–H groups in total. The van der Waals surface area contributed by atoms with Gasteiger partial charge in [-0.3, -0.25) is 0 Å². The standard InChI is InChI=1S/C20H11F2NS2/c1-13-2-8-17(25-13)9-5-15-10-20(22)18(11-19(15)21)14-3-6-16(7-4-14)23-12-24/h2-4,6-8,10-11H,1H3. The van der Waals surface area contributed by atoms with E-state index in [1.165, 1.54) is 11.3 Å². The van der Waals surface area contributed by atoms with Crippen LogP contribution in [0.15, 0.2) is 53.5 Å². The molecule has 0 aliphatic carbocycles. The van der Waals surface area contributed by atoms with Crippen molar-refractivity contribution < 1.29 is 8.78 Å². The molecule has 1 nitrogen and oxygen atoms in total. The summed E-state index contributed by atoms with van der Waals surface area (Å²) in [6.07, 6.45) is 0. The third-order valence-electron chi connectivity index (χ3n) is 3.47. The maximum atomic E-state index is 14.4. The average molecular weight is 367 g/mol. The van der Waals surface area contributed by atoms with Crippen LogP contribution in [0.2, 0.25) is 0 Å². The van der Waals surface area contributed by atoms with E-state index < -0.39 is 11.6 Å². The third-order valence-corrected chi connectivity index (χ3v) is 4.48. The fourth-order valence-corrected chi connectivity index (χ4v) is 3.09. The number of aryl methyl sites for hydroxylation is 1. The number of halogens is 2. The quantitative estimate of drug-likeness (QED) is 0.301. The molecule has 5 heteroatoms. The number of benzene rings is 2. The van der Waals surface area contributed by atoms with E-state index in [1.807, 2.05) is 19.1 Å². The highest BCUT2D eigenvalue weighted by molar-refractivity contribution is 7.78. The molecule has 0 aliphatic rings. The first-order valence-electron chi connectivity index (χ1n) is 7.32. The van der Waals surface area contributed by atoms with E-state index in [0.717, 1.165) is 21.9 Å². The molecule has 0 fully saturated rings. The molecule has 1 aromatic heterocycles. The van der Waals surface area contributed by atoms with Crippen molar-refractivity contribution in [1.82, 2.24) is 0 Å². The Labute approximate surface area is 153 Å². The molecule has 0 unspecified atom stereocenters. The van der Waals surface area contributed by atoms with Crippen LogP contribution in [0.4, 0.5) is 14.5 Å². The van der Waals surface area contributed by atoms with Crippen molar-refractivity contribution in [2.45, 2.75) is 6.92 Å². The smallest absolute Gasteiger partial charge is 0.139 e. The first-order chi connectivity index (χ1) is 12.1. The van der Waals surface area contributed by atoms with Gasteiger partial charge >= 0.3 is 0 Å². The molecule has 3 aromatic rings. The van der Waals surface area contributed by atoms with Gasteiger partial charge in [0.05, 0.1) is 21.3 Å². The van der Waals surface area contributed by atoms with E-state index >= 15 is 0 Å². The van der Waals surface area contributed by atoms with Crippen LogP contribution in [0, 0.1) is 30.4 Å². The van der Waals surface area contributed by atoms with Crippen LogP contribution in [0.5, 0.6) is 0 Å². The lowest BCUT2D eigenvalue weighted by molar-refractivity contribution is 0.600. The second kappa shape index (κ2) is 7.50. The molecular formula is C20H11F2NS2. The minimum atomic E-state index is -0.557. The molecule has 122 valence electrons. The van der Waals surface area contributed by atoms with Crippen molar-refractivity contribution in [2.24, 2.45) is 4.99 Å². The van der Waals surface area contributed by atoms with Crippen LogP contribution < -0.4 is 0 Å². The molecule has 0 saturated carbocycles. The fraction of sp³-hybridized carbons (Fsp3) is 0.0500. The number of nitrogens with zero attached hydrogens (tertiary/aromatic N) is 1. The maximum Gasteiger partial charge on any atom is 0.139 e. The summed E-state index contributed by atoms with van der Waals surface area (Å²) < 4.78 is 28.7. The van der Waals surface area contributed by atoms with E-state index in [0.29, 0.717) is 11.3 Å². The van der Waals surface area contributed by atoms with Gasteiger partial charge in [0.15, 0.2) is 0 Å². The van der Waals surface area contributed by atoms with E-state index in [9.17, 15) is 8.78 Å². The molecule has 0 saturated heterocycles. The number of rotatable bonds is 2. The largest absolute Gasteiger partial charge is 0.206 e. The average Bonchev–Trinajstić information content (AvgIpc) is 3.02. The lowest BCUT2D eigenvalue weighted by atomic mass is 10.0. The molecule has 1 heterocycles. The topological polar surface area (TPSA) is 12.4 Å².